The first-order valence-corrected chi connectivity index (χ1v) is 8.98. The summed E-state index contributed by atoms with van der Waals surface area (Å²) in [5.41, 5.74) is 2.88. The van der Waals surface area contributed by atoms with Crippen molar-refractivity contribution in [3.8, 4) is 0 Å². The Morgan fingerprint density at radius 3 is 2.20 bits per heavy atom. The van der Waals surface area contributed by atoms with E-state index < -0.39 is 0 Å². The second-order valence-electron chi connectivity index (χ2n) is 6.64. The number of benzene rings is 1. The third-order valence-corrected chi connectivity index (χ3v) is 4.65. The number of aromatic nitrogens is 1. The number of carbonyl (C=O) groups is 1. The Morgan fingerprint density at radius 2 is 1.56 bits per heavy atom. The van der Waals surface area contributed by atoms with Crippen molar-refractivity contribution >= 4 is 5.91 Å². The fourth-order valence-corrected chi connectivity index (χ4v) is 3.16. The fraction of sp³-hybridized carbons (Fsp3) is 0.400. The second-order valence-corrected chi connectivity index (χ2v) is 6.64. The van der Waals surface area contributed by atoms with Gasteiger partial charge in [0.25, 0.3) is 5.91 Å². The summed E-state index contributed by atoms with van der Waals surface area (Å²) in [6, 6.07) is 11.5. The van der Waals surface area contributed by atoms with Gasteiger partial charge in [0.15, 0.2) is 12.4 Å². The zero-order valence-electron chi connectivity index (χ0n) is 14.5. The first kappa shape index (κ1) is 17.4. The molecule has 0 bridgehead atoms. The molecule has 5 heteroatoms. The minimum Gasteiger partial charge on any atom is -0.619 e. The summed E-state index contributed by atoms with van der Waals surface area (Å²) in [6.45, 7) is 3.87. The molecule has 0 spiro atoms. The lowest BCUT2D eigenvalue weighted by Gasteiger charge is -2.19. The number of nitrogens with zero attached hydrogens (tertiary/aromatic N) is 2. The average Bonchev–Trinajstić information content (AvgIpc) is 2.90. The number of nitrogens with one attached hydrogen (secondary N) is 1. The maximum absolute atomic E-state index is 12.1. The molecule has 132 valence electrons. The van der Waals surface area contributed by atoms with E-state index in [1.54, 1.807) is 0 Å². The molecule has 0 aliphatic carbocycles. The van der Waals surface area contributed by atoms with Crippen molar-refractivity contribution in [2.75, 3.05) is 13.1 Å². The van der Waals surface area contributed by atoms with Crippen molar-refractivity contribution in [3.05, 3.63) is 70.7 Å². The molecule has 0 atom stereocenters. The predicted molar refractivity (Wildman–Crippen MR) is 96.8 cm³/mol. The van der Waals surface area contributed by atoms with Crippen molar-refractivity contribution in [1.29, 1.82) is 0 Å². The van der Waals surface area contributed by atoms with Gasteiger partial charge in [0.2, 0.25) is 0 Å². The van der Waals surface area contributed by atoms with Crippen molar-refractivity contribution in [2.24, 2.45) is 0 Å². The Kier molecular flexibility index (Phi) is 6.01. The maximum atomic E-state index is 12.1. The molecule has 1 aromatic heterocycles. The Hall–Kier alpha value is -2.40. The van der Waals surface area contributed by atoms with E-state index in [1.165, 1.54) is 68.9 Å². The molecule has 3 rings (SSSR count). The number of amides is 1. The largest absolute Gasteiger partial charge is 0.619 e. The third kappa shape index (κ3) is 5.29. The lowest BCUT2D eigenvalue weighted by Crippen LogP contribution is -2.27. The Bertz CT molecular complexity index is 675. The SMILES string of the molecule is O=C(NCc1ccc(CN2CCCCCC2)cc1)c1cc[n+]([O-])cc1. The third-order valence-electron chi connectivity index (χ3n) is 4.65. The summed E-state index contributed by atoms with van der Waals surface area (Å²) in [7, 11) is 0. The lowest BCUT2D eigenvalue weighted by atomic mass is 10.1. The summed E-state index contributed by atoms with van der Waals surface area (Å²) < 4.78 is 0.666. The van der Waals surface area contributed by atoms with E-state index in [0.717, 1.165) is 12.1 Å². The molecular formula is C20H25N3O2. The number of rotatable bonds is 5. The summed E-state index contributed by atoms with van der Waals surface area (Å²) >= 11 is 0. The predicted octanol–water partition coefficient (Wildman–Crippen LogP) is 2.63. The monoisotopic (exact) mass is 339 g/mol. The van der Waals surface area contributed by atoms with Gasteiger partial charge in [-0.3, -0.25) is 9.69 Å². The van der Waals surface area contributed by atoms with E-state index >= 15 is 0 Å². The van der Waals surface area contributed by atoms with Crippen LogP contribution >= 0.6 is 0 Å². The van der Waals surface area contributed by atoms with Crippen molar-refractivity contribution in [3.63, 3.8) is 0 Å². The molecule has 1 aromatic carbocycles. The highest BCUT2D eigenvalue weighted by Crippen LogP contribution is 2.14. The van der Waals surface area contributed by atoms with Gasteiger partial charge in [0.05, 0.1) is 5.56 Å². The molecule has 1 aliphatic rings. The van der Waals surface area contributed by atoms with Gasteiger partial charge in [0.1, 0.15) is 0 Å². The number of hydrogen-bond donors (Lipinski definition) is 1. The zero-order valence-corrected chi connectivity index (χ0v) is 14.5. The minimum absolute atomic E-state index is 0.172. The molecule has 2 aromatic rings. The molecule has 25 heavy (non-hydrogen) atoms. The Balaban J connectivity index is 1.50. The Labute approximate surface area is 148 Å². The van der Waals surface area contributed by atoms with Crippen molar-refractivity contribution in [1.82, 2.24) is 10.2 Å². The van der Waals surface area contributed by atoms with Gasteiger partial charge in [-0.05, 0) is 37.1 Å². The summed E-state index contributed by atoms with van der Waals surface area (Å²) in [5.74, 6) is -0.172. The normalized spacial score (nSPS) is 15.5. The number of pyridine rings is 1. The van der Waals surface area contributed by atoms with Crippen LogP contribution in [0.1, 0.15) is 47.2 Å². The molecule has 1 aliphatic heterocycles. The smallest absolute Gasteiger partial charge is 0.252 e. The standard InChI is InChI=1S/C20H25N3O2/c24-20(19-9-13-23(25)14-10-19)21-15-17-5-7-18(8-6-17)16-22-11-3-1-2-4-12-22/h5-10,13-14H,1-4,11-12,15-16H2,(H,21,24). The molecule has 2 heterocycles. The van der Waals surface area contributed by atoms with Crippen LogP contribution < -0.4 is 10.0 Å². The van der Waals surface area contributed by atoms with Crippen LogP contribution in [0, 0.1) is 5.21 Å². The van der Waals surface area contributed by atoms with Gasteiger partial charge in [-0.25, -0.2) is 0 Å². The van der Waals surface area contributed by atoms with Crippen molar-refractivity contribution in [2.45, 2.75) is 38.8 Å². The van der Waals surface area contributed by atoms with Gasteiger partial charge in [-0.1, -0.05) is 37.1 Å². The molecule has 0 saturated carbocycles. The van der Waals surface area contributed by atoms with E-state index in [-0.39, 0.29) is 5.91 Å². The van der Waals surface area contributed by atoms with E-state index in [1.807, 2.05) is 0 Å². The van der Waals surface area contributed by atoms with Crippen LogP contribution in [0.15, 0.2) is 48.8 Å². The number of carbonyl (C=O) groups excluding carboxylic acids is 1. The lowest BCUT2D eigenvalue weighted by molar-refractivity contribution is -0.605. The molecule has 1 saturated heterocycles. The van der Waals surface area contributed by atoms with Crippen LogP contribution in [0.3, 0.4) is 0 Å². The summed E-state index contributed by atoms with van der Waals surface area (Å²) in [5, 5.41) is 13.9. The quantitative estimate of drug-likeness (QED) is 0.673. The minimum atomic E-state index is -0.172. The van der Waals surface area contributed by atoms with Crippen molar-refractivity contribution < 1.29 is 9.52 Å². The zero-order chi connectivity index (χ0) is 17.5. The highest BCUT2D eigenvalue weighted by atomic mass is 16.5. The van der Waals surface area contributed by atoms with E-state index in [0.29, 0.717) is 16.8 Å². The van der Waals surface area contributed by atoms with Crippen LogP contribution in [-0.2, 0) is 13.1 Å². The van der Waals surface area contributed by atoms with Crippen LogP contribution in [0.5, 0.6) is 0 Å². The topological polar surface area (TPSA) is 59.3 Å². The van der Waals surface area contributed by atoms with Crippen LogP contribution in [-0.4, -0.2) is 23.9 Å². The first-order valence-electron chi connectivity index (χ1n) is 8.98. The molecule has 0 radical (unpaired) electrons. The highest BCUT2D eigenvalue weighted by molar-refractivity contribution is 5.93. The summed E-state index contributed by atoms with van der Waals surface area (Å²) in [4.78, 5) is 14.6. The molecule has 1 amide bonds. The first-order chi connectivity index (χ1) is 12.2. The molecule has 5 nitrogen and oxygen atoms in total. The number of likely N-dealkylation sites (tertiary alicyclic amines) is 1. The number of hydrogen-bond acceptors (Lipinski definition) is 3. The van der Waals surface area contributed by atoms with Crippen LogP contribution in [0.25, 0.3) is 0 Å². The van der Waals surface area contributed by atoms with Gasteiger partial charge < -0.3 is 10.5 Å². The van der Waals surface area contributed by atoms with E-state index in [2.05, 4.69) is 34.5 Å². The van der Waals surface area contributed by atoms with Crippen LogP contribution in [0.2, 0.25) is 0 Å². The summed E-state index contributed by atoms with van der Waals surface area (Å²) in [6.07, 6.45) is 7.96. The van der Waals surface area contributed by atoms with Gasteiger partial charge >= 0.3 is 0 Å². The van der Waals surface area contributed by atoms with Gasteiger partial charge in [-0.2, -0.15) is 4.73 Å². The highest BCUT2D eigenvalue weighted by Gasteiger charge is 2.10. The van der Waals surface area contributed by atoms with Gasteiger partial charge in [0, 0.05) is 25.2 Å². The molecule has 0 unspecified atom stereocenters. The van der Waals surface area contributed by atoms with Crippen LogP contribution in [0.4, 0.5) is 0 Å². The van der Waals surface area contributed by atoms with E-state index in [9.17, 15) is 10.0 Å². The Morgan fingerprint density at radius 1 is 0.960 bits per heavy atom. The maximum Gasteiger partial charge on any atom is 0.252 e. The molecular weight excluding hydrogens is 314 g/mol. The second kappa shape index (κ2) is 8.62. The molecule has 1 fully saturated rings. The molecule has 1 N–H and O–H groups in total. The fourth-order valence-electron chi connectivity index (χ4n) is 3.16. The van der Waals surface area contributed by atoms with E-state index in [4.69, 9.17) is 0 Å². The van der Waals surface area contributed by atoms with Gasteiger partial charge in [-0.15, -0.1) is 0 Å². The average molecular weight is 339 g/mol.